The molecule has 1 fully saturated rings. The Balaban J connectivity index is 1.49. The topological polar surface area (TPSA) is 69.7 Å². The second-order valence-electron chi connectivity index (χ2n) is 8.01. The molecule has 2 aliphatic rings. The largest absolute Gasteiger partial charge is 0.350 e. The van der Waals surface area contributed by atoms with E-state index in [0.29, 0.717) is 24.1 Å². The molecule has 0 spiro atoms. The van der Waals surface area contributed by atoms with Crippen molar-refractivity contribution in [2.24, 2.45) is 0 Å². The number of hydrogen-bond donors (Lipinski definition) is 1. The summed E-state index contributed by atoms with van der Waals surface area (Å²) in [4.78, 5) is 41.6. The Morgan fingerprint density at radius 3 is 2.60 bits per heavy atom. The third kappa shape index (κ3) is 3.34. The first-order chi connectivity index (χ1) is 14.3. The summed E-state index contributed by atoms with van der Waals surface area (Å²) in [7, 11) is 0. The summed E-state index contributed by atoms with van der Waals surface area (Å²) < 4.78 is 13.1. The molecule has 0 bridgehead atoms. The third-order valence-electron chi connectivity index (χ3n) is 6.06. The summed E-state index contributed by atoms with van der Waals surface area (Å²) in [5, 5.41) is 2.89. The molecule has 4 rings (SSSR count). The van der Waals surface area contributed by atoms with Crippen molar-refractivity contribution in [2.45, 2.75) is 44.8 Å². The molecule has 2 aromatic carbocycles. The minimum absolute atomic E-state index is 0.0168. The zero-order valence-electron chi connectivity index (χ0n) is 17.0. The van der Waals surface area contributed by atoms with Gasteiger partial charge in [-0.3, -0.25) is 19.3 Å². The molecule has 0 saturated carbocycles. The first-order valence-corrected chi connectivity index (χ1v) is 10.1. The van der Waals surface area contributed by atoms with Crippen LogP contribution in [0.15, 0.2) is 48.5 Å². The fourth-order valence-corrected chi connectivity index (χ4v) is 4.40. The molecule has 3 amide bonds. The van der Waals surface area contributed by atoms with Crippen molar-refractivity contribution in [3.05, 3.63) is 65.5 Å². The van der Waals surface area contributed by atoms with Gasteiger partial charge in [0.25, 0.3) is 5.91 Å². The lowest BCUT2D eigenvalue weighted by Gasteiger charge is -2.48. The SMILES string of the molecule is CC(NC(=O)CCN1C(=O)c2ccccc2N2C(=O)CCC12C)c1ccc(F)cc1. The van der Waals surface area contributed by atoms with Crippen LogP contribution in [0.4, 0.5) is 10.1 Å². The molecule has 0 radical (unpaired) electrons. The number of amides is 3. The number of hydrogen-bond acceptors (Lipinski definition) is 3. The van der Waals surface area contributed by atoms with E-state index in [-0.39, 0.29) is 42.5 Å². The van der Waals surface area contributed by atoms with Crippen LogP contribution in [0.1, 0.15) is 55.1 Å². The molecule has 2 atom stereocenters. The van der Waals surface area contributed by atoms with E-state index in [1.54, 1.807) is 40.1 Å². The summed E-state index contributed by atoms with van der Waals surface area (Å²) in [6.45, 7) is 3.91. The summed E-state index contributed by atoms with van der Waals surface area (Å²) in [6, 6.07) is 12.8. The number of fused-ring (bicyclic) bond motifs is 3. The summed E-state index contributed by atoms with van der Waals surface area (Å²) in [5.74, 6) is -0.724. The van der Waals surface area contributed by atoms with Gasteiger partial charge in [0.2, 0.25) is 11.8 Å². The molecule has 2 aliphatic heterocycles. The van der Waals surface area contributed by atoms with Crippen LogP contribution in [0, 0.1) is 5.82 Å². The maximum absolute atomic E-state index is 13.2. The third-order valence-corrected chi connectivity index (χ3v) is 6.06. The van der Waals surface area contributed by atoms with Crippen molar-refractivity contribution < 1.29 is 18.8 Å². The molecule has 1 N–H and O–H groups in total. The van der Waals surface area contributed by atoms with Gasteiger partial charge in [0.05, 0.1) is 17.3 Å². The average Bonchev–Trinajstić information content (AvgIpc) is 3.03. The van der Waals surface area contributed by atoms with Gasteiger partial charge in [0.1, 0.15) is 11.5 Å². The maximum Gasteiger partial charge on any atom is 0.257 e. The molecule has 7 heteroatoms. The monoisotopic (exact) mass is 409 g/mol. The summed E-state index contributed by atoms with van der Waals surface area (Å²) >= 11 is 0. The standard InChI is InChI=1S/C23H24FN3O3/c1-15(16-7-9-17(24)10-8-16)25-20(28)12-14-26-22(30)18-5-3-4-6-19(18)27-21(29)11-13-23(26,27)2/h3-10,15H,11-14H2,1-2H3,(H,25,28). The molecule has 2 heterocycles. The predicted molar refractivity (Wildman–Crippen MR) is 110 cm³/mol. The van der Waals surface area contributed by atoms with E-state index in [1.165, 1.54) is 12.1 Å². The first kappa shape index (κ1) is 20.1. The average molecular weight is 409 g/mol. The Bertz CT molecular complexity index is 1010. The predicted octanol–water partition coefficient (Wildman–Crippen LogP) is 3.39. The van der Waals surface area contributed by atoms with Crippen molar-refractivity contribution in [3.8, 4) is 0 Å². The lowest BCUT2D eigenvalue weighted by atomic mass is 9.98. The zero-order chi connectivity index (χ0) is 21.5. The summed E-state index contributed by atoms with van der Waals surface area (Å²) in [5.41, 5.74) is 1.14. The van der Waals surface area contributed by atoms with Gasteiger partial charge in [0.15, 0.2) is 0 Å². The number of para-hydroxylation sites is 1. The van der Waals surface area contributed by atoms with Crippen LogP contribution in [-0.2, 0) is 9.59 Å². The lowest BCUT2D eigenvalue weighted by Crippen LogP contribution is -2.62. The van der Waals surface area contributed by atoms with E-state index in [4.69, 9.17) is 0 Å². The molecular weight excluding hydrogens is 385 g/mol. The molecule has 156 valence electrons. The van der Waals surface area contributed by atoms with Crippen LogP contribution in [0.25, 0.3) is 0 Å². The second-order valence-corrected chi connectivity index (χ2v) is 8.01. The number of benzene rings is 2. The van der Waals surface area contributed by atoms with Gasteiger partial charge in [-0.05, 0) is 50.1 Å². The highest BCUT2D eigenvalue weighted by Gasteiger charge is 2.52. The number of halogens is 1. The molecule has 0 aromatic heterocycles. The van der Waals surface area contributed by atoms with Crippen molar-refractivity contribution >= 4 is 23.4 Å². The molecule has 0 aliphatic carbocycles. The van der Waals surface area contributed by atoms with Crippen molar-refractivity contribution in [3.63, 3.8) is 0 Å². The van der Waals surface area contributed by atoms with E-state index < -0.39 is 5.66 Å². The van der Waals surface area contributed by atoms with Crippen molar-refractivity contribution in [1.82, 2.24) is 10.2 Å². The normalized spacial score (nSPS) is 21.3. The zero-order valence-corrected chi connectivity index (χ0v) is 17.0. The number of rotatable bonds is 5. The van der Waals surface area contributed by atoms with Crippen LogP contribution >= 0.6 is 0 Å². The Kier molecular flexibility index (Phi) is 5.05. The fourth-order valence-electron chi connectivity index (χ4n) is 4.40. The quantitative estimate of drug-likeness (QED) is 0.823. The number of nitrogens with zero attached hydrogens (tertiary/aromatic N) is 2. The Hall–Kier alpha value is -3.22. The first-order valence-electron chi connectivity index (χ1n) is 10.1. The van der Waals surface area contributed by atoms with Crippen LogP contribution < -0.4 is 10.2 Å². The van der Waals surface area contributed by atoms with Gasteiger partial charge >= 0.3 is 0 Å². The van der Waals surface area contributed by atoms with Crippen molar-refractivity contribution in [2.75, 3.05) is 11.4 Å². The van der Waals surface area contributed by atoms with E-state index in [2.05, 4.69) is 5.32 Å². The molecule has 30 heavy (non-hydrogen) atoms. The Labute approximate surface area is 174 Å². The van der Waals surface area contributed by atoms with Crippen LogP contribution in [0.5, 0.6) is 0 Å². The number of carbonyl (C=O) groups excluding carboxylic acids is 3. The van der Waals surface area contributed by atoms with Gasteiger partial charge in [-0.1, -0.05) is 24.3 Å². The van der Waals surface area contributed by atoms with E-state index in [1.807, 2.05) is 19.9 Å². The highest BCUT2D eigenvalue weighted by Crippen LogP contribution is 2.43. The highest BCUT2D eigenvalue weighted by molar-refractivity contribution is 6.10. The highest BCUT2D eigenvalue weighted by atomic mass is 19.1. The second kappa shape index (κ2) is 7.55. The number of anilines is 1. The van der Waals surface area contributed by atoms with Gasteiger partial charge in [0, 0.05) is 19.4 Å². The van der Waals surface area contributed by atoms with Gasteiger partial charge in [-0.2, -0.15) is 0 Å². The Morgan fingerprint density at radius 1 is 1.17 bits per heavy atom. The summed E-state index contributed by atoms with van der Waals surface area (Å²) in [6.07, 6.45) is 0.999. The number of carbonyl (C=O) groups is 3. The number of nitrogens with one attached hydrogen (secondary N) is 1. The minimum atomic E-state index is -0.772. The molecule has 1 saturated heterocycles. The van der Waals surface area contributed by atoms with Gasteiger partial charge in [-0.15, -0.1) is 0 Å². The van der Waals surface area contributed by atoms with Gasteiger partial charge in [-0.25, -0.2) is 4.39 Å². The maximum atomic E-state index is 13.2. The molecule has 2 aromatic rings. The van der Waals surface area contributed by atoms with Crippen LogP contribution in [0.3, 0.4) is 0 Å². The van der Waals surface area contributed by atoms with Gasteiger partial charge < -0.3 is 10.2 Å². The smallest absolute Gasteiger partial charge is 0.257 e. The van der Waals surface area contributed by atoms with E-state index in [0.717, 1.165) is 5.56 Å². The van der Waals surface area contributed by atoms with Crippen LogP contribution in [-0.4, -0.2) is 34.8 Å². The van der Waals surface area contributed by atoms with E-state index >= 15 is 0 Å². The lowest BCUT2D eigenvalue weighted by molar-refractivity contribution is -0.122. The molecule has 2 unspecified atom stereocenters. The Morgan fingerprint density at radius 2 is 1.87 bits per heavy atom. The van der Waals surface area contributed by atoms with E-state index in [9.17, 15) is 18.8 Å². The molecule has 6 nitrogen and oxygen atoms in total. The minimum Gasteiger partial charge on any atom is -0.350 e. The van der Waals surface area contributed by atoms with Crippen LogP contribution in [0.2, 0.25) is 0 Å². The molecular formula is C23H24FN3O3. The van der Waals surface area contributed by atoms with Crippen molar-refractivity contribution in [1.29, 1.82) is 0 Å². The fraction of sp³-hybridized carbons (Fsp3) is 0.348.